The maximum atomic E-state index is 13.1. The SMILES string of the molecule is COCCCOc1cc(CN(C(=O)[C@H]2CNCCO2)C2CC2)ccc1OCc1ccccc1.Cl. The molecular weight excluding hydrogens is 456 g/mol. The monoisotopic (exact) mass is 490 g/mol. The summed E-state index contributed by atoms with van der Waals surface area (Å²) in [5, 5.41) is 3.25. The molecule has 2 aliphatic rings. The minimum Gasteiger partial charge on any atom is -0.490 e. The van der Waals surface area contributed by atoms with Crippen molar-refractivity contribution in [1.29, 1.82) is 0 Å². The van der Waals surface area contributed by atoms with Gasteiger partial charge in [0, 0.05) is 45.8 Å². The lowest BCUT2D eigenvalue weighted by molar-refractivity contribution is -0.146. The smallest absolute Gasteiger partial charge is 0.253 e. The molecule has 0 bridgehead atoms. The van der Waals surface area contributed by atoms with Gasteiger partial charge < -0.3 is 29.2 Å². The fourth-order valence-corrected chi connectivity index (χ4v) is 3.88. The number of rotatable bonds is 12. The topological polar surface area (TPSA) is 69.3 Å². The third-order valence-electron chi connectivity index (χ3n) is 5.82. The number of nitrogens with zero attached hydrogens (tertiary/aromatic N) is 1. The van der Waals surface area contributed by atoms with Crippen molar-refractivity contribution in [2.45, 2.75) is 44.6 Å². The predicted octanol–water partition coefficient (Wildman–Crippen LogP) is 3.58. The molecule has 0 aromatic heterocycles. The van der Waals surface area contributed by atoms with Crippen molar-refractivity contribution in [3.63, 3.8) is 0 Å². The Bertz CT molecular complexity index is 888. The van der Waals surface area contributed by atoms with E-state index >= 15 is 0 Å². The lowest BCUT2D eigenvalue weighted by Crippen LogP contribution is -2.49. The second kappa shape index (κ2) is 13.5. The van der Waals surface area contributed by atoms with Gasteiger partial charge in [0.15, 0.2) is 11.5 Å². The van der Waals surface area contributed by atoms with E-state index in [0.29, 0.717) is 57.1 Å². The Morgan fingerprint density at radius 3 is 2.59 bits per heavy atom. The molecule has 0 radical (unpaired) electrons. The number of nitrogens with one attached hydrogen (secondary N) is 1. The molecule has 0 unspecified atom stereocenters. The highest BCUT2D eigenvalue weighted by atomic mass is 35.5. The minimum atomic E-state index is -0.405. The highest BCUT2D eigenvalue weighted by molar-refractivity contribution is 5.85. The van der Waals surface area contributed by atoms with E-state index in [4.69, 9.17) is 18.9 Å². The van der Waals surface area contributed by atoms with Crippen LogP contribution in [-0.2, 0) is 27.4 Å². The molecule has 1 N–H and O–H groups in total. The second-order valence-corrected chi connectivity index (χ2v) is 8.51. The van der Waals surface area contributed by atoms with Crippen molar-refractivity contribution in [1.82, 2.24) is 10.2 Å². The van der Waals surface area contributed by atoms with Gasteiger partial charge in [-0.3, -0.25) is 4.79 Å². The number of methoxy groups -OCH3 is 1. The summed E-state index contributed by atoms with van der Waals surface area (Å²) in [5.74, 6) is 1.46. The van der Waals surface area contributed by atoms with Crippen LogP contribution in [0.5, 0.6) is 11.5 Å². The average molecular weight is 491 g/mol. The first-order valence-electron chi connectivity index (χ1n) is 11.8. The molecule has 7 nitrogen and oxygen atoms in total. The fourth-order valence-electron chi connectivity index (χ4n) is 3.88. The van der Waals surface area contributed by atoms with Crippen LogP contribution in [-0.4, -0.2) is 63.0 Å². The Morgan fingerprint density at radius 2 is 1.88 bits per heavy atom. The number of carbonyl (C=O) groups excluding carboxylic acids is 1. The Labute approximate surface area is 208 Å². The van der Waals surface area contributed by atoms with Gasteiger partial charge in [-0.2, -0.15) is 0 Å². The molecule has 8 heteroatoms. The molecule has 0 spiro atoms. The number of benzene rings is 2. The standard InChI is InChI=1S/C26H34N2O5.ClH/c1-30-13-5-14-31-24-16-21(8-11-23(24)33-19-20-6-3-2-4-7-20)18-28(22-9-10-22)26(29)25-17-27-12-15-32-25;/h2-4,6-8,11,16,22,25,27H,5,9-10,12-15,17-19H2,1H3;1H/t25-;/m1./s1. The first-order valence-corrected chi connectivity index (χ1v) is 11.8. The van der Waals surface area contributed by atoms with E-state index in [1.807, 2.05) is 53.4 Å². The lowest BCUT2D eigenvalue weighted by Gasteiger charge is -2.30. The molecule has 2 aromatic carbocycles. The average Bonchev–Trinajstić information content (AvgIpc) is 3.71. The van der Waals surface area contributed by atoms with Crippen molar-refractivity contribution < 1.29 is 23.7 Å². The van der Waals surface area contributed by atoms with Crippen LogP contribution in [0.2, 0.25) is 0 Å². The quantitative estimate of drug-likeness (QED) is 0.459. The Hall–Kier alpha value is -2.32. The van der Waals surface area contributed by atoms with Crippen LogP contribution in [0.4, 0.5) is 0 Å². The van der Waals surface area contributed by atoms with Crippen LogP contribution in [0.25, 0.3) is 0 Å². The highest BCUT2D eigenvalue weighted by Crippen LogP contribution is 2.33. The summed E-state index contributed by atoms with van der Waals surface area (Å²) in [4.78, 5) is 15.1. The normalized spacial score (nSPS) is 17.5. The number of hydrogen-bond acceptors (Lipinski definition) is 6. The van der Waals surface area contributed by atoms with Gasteiger partial charge in [-0.15, -0.1) is 12.4 Å². The largest absolute Gasteiger partial charge is 0.490 e. The summed E-state index contributed by atoms with van der Waals surface area (Å²) >= 11 is 0. The van der Waals surface area contributed by atoms with E-state index < -0.39 is 6.10 Å². The summed E-state index contributed by atoms with van der Waals surface area (Å²) in [7, 11) is 1.68. The van der Waals surface area contributed by atoms with Crippen molar-refractivity contribution in [3.8, 4) is 11.5 Å². The molecule has 1 aliphatic carbocycles. The van der Waals surface area contributed by atoms with E-state index in [0.717, 1.165) is 36.9 Å². The molecule has 1 amide bonds. The number of morpholine rings is 1. The molecule has 1 heterocycles. The summed E-state index contributed by atoms with van der Waals surface area (Å²) in [6.07, 6.45) is 2.48. The van der Waals surface area contributed by atoms with Crippen LogP contribution in [0.3, 0.4) is 0 Å². The van der Waals surface area contributed by atoms with Gasteiger partial charge >= 0.3 is 0 Å². The van der Waals surface area contributed by atoms with Gasteiger partial charge in [-0.1, -0.05) is 36.4 Å². The van der Waals surface area contributed by atoms with Gasteiger partial charge in [0.2, 0.25) is 0 Å². The van der Waals surface area contributed by atoms with E-state index in [1.165, 1.54) is 0 Å². The van der Waals surface area contributed by atoms with Gasteiger partial charge in [0.1, 0.15) is 12.7 Å². The van der Waals surface area contributed by atoms with Crippen molar-refractivity contribution >= 4 is 18.3 Å². The minimum absolute atomic E-state index is 0. The molecule has 1 aliphatic heterocycles. The predicted molar refractivity (Wildman–Crippen MR) is 133 cm³/mol. The summed E-state index contributed by atoms with van der Waals surface area (Å²) in [6, 6.07) is 16.3. The first-order chi connectivity index (χ1) is 16.2. The van der Waals surface area contributed by atoms with Crippen LogP contribution in [0.15, 0.2) is 48.5 Å². The summed E-state index contributed by atoms with van der Waals surface area (Å²) in [5.41, 5.74) is 2.12. The van der Waals surface area contributed by atoms with Crippen LogP contribution in [0, 0.1) is 0 Å². The Kier molecular flexibility index (Phi) is 10.5. The Morgan fingerprint density at radius 1 is 1.06 bits per heavy atom. The van der Waals surface area contributed by atoms with E-state index in [2.05, 4.69) is 5.32 Å². The molecule has 34 heavy (non-hydrogen) atoms. The van der Waals surface area contributed by atoms with E-state index in [-0.39, 0.29) is 18.3 Å². The van der Waals surface area contributed by atoms with Gasteiger partial charge in [0.25, 0.3) is 5.91 Å². The summed E-state index contributed by atoms with van der Waals surface area (Å²) in [6.45, 7) is 4.11. The second-order valence-electron chi connectivity index (χ2n) is 8.51. The van der Waals surface area contributed by atoms with Crippen LogP contribution < -0.4 is 14.8 Å². The molecule has 1 atom stereocenters. The lowest BCUT2D eigenvalue weighted by atomic mass is 10.1. The van der Waals surface area contributed by atoms with Crippen LogP contribution >= 0.6 is 12.4 Å². The maximum absolute atomic E-state index is 13.1. The Balaban J connectivity index is 0.00000324. The highest BCUT2D eigenvalue weighted by Gasteiger charge is 2.36. The molecule has 1 saturated carbocycles. The fraction of sp³-hybridized carbons (Fsp3) is 0.500. The van der Waals surface area contributed by atoms with Gasteiger partial charge in [0.05, 0.1) is 13.2 Å². The van der Waals surface area contributed by atoms with Gasteiger partial charge in [-0.25, -0.2) is 0 Å². The molecular formula is C26H35ClN2O5. The molecule has 4 rings (SSSR count). The van der Waals surface area contributed by atoms with E-state index in [9.17, 15) is 4.79 Å². The number of halogens is 1. The van der Waals surface area contributed by atoms with Gasteiger partial charge in [-0.05, 0) is 36.1 Å². The number of ether oxygens (including phenoxy) is 4. The number of hydrogen-bond donors (Lipinski definition) is 1. The third-order valence-corrected chi connectivity index (χ3v) is 5.82. The third kappa shape index (κ3) is 7.60. The molecule has 186 valence electrons. The summed E-state index contributed by atoms with van der Waals surface area (Å²) < 4.78 is 23.0. The van der Waals surface area contributed by atoms with Crippen molar-refractivity contribution in [3.05, 3.63) is 59.7 Å². The van der Waals surface area contributed by atoms with E-state index in [1.54, 1.807) is 7.11 Å². The molecule has 1 saturated heterocycles. The van der Waals surface area contributed by atoms with Crippen molar-refractivity contribution in [2.24, 2.45) is 0 Å². The zero-order valence-corrected chi connectivity index (χ0v) is 20.6. The number of amides is 1. The first kappa shape index (κ1) is 26.3. The number of carbonyl (C=O) groups is 1. The maximum Gasteiger partial charge on any atom is 0.253 e. The molecule has 2 aromatic rings. The van der Waals surface area contributed by atoms with Crippen molar-refractivity contribution in [2.75, 3.05) is 40.0 Å². The molecule has 2 fully saturated rings. The zero-order valence-electron chi connectivity index (χ0n) is 19.7. The zero-order chi connectivity index (χ0) is 22.9. The van der Waals surface area contributed by atoms with Crippen LogP contribution in [0.1, 0.15) is 30.4 Å².